The van der Waals surface area contributed by atoms with Crippen LogP contribution >= 0.6 is 23.2 Å². The van der Waals surface area contributed by atoms with Crippen molar-refractivity contribution in [2.24, 2.45) is 5.41 Å². The first kappa shape index (κ1) is 6.70. The van der Waals surface area contributed by atoms with Gasteiger partial charge in [-0.2, -0.15) is 0 Å². The number of alkyl halides is 2. The highest BCUT2D eigenvalue weighted by Crippen LogP contribution is 2.47. The third-order valence-corrected chi connectivity index (χ3v) is 3.51. The largest absolute Gasteiger partial charge is 0.122 e. The van der Waals surface area contributed by atoms with Crippen LogP contribution in [0.15, 0.2) is 0 Å². The van der Waals surface area contributed by atoms with Crippen LogP contribution in [0.4, 0.5) is 0 Å². The summed E-state index contributed by atoms with van der Waals surface area (Å²) in [4.78, 5) is 0. The van der Waals surface area contributed by atoms with Gasteiger partial charge in [-0.25, -0.2) is 0 Å². The summed E-state index contributed by atoms with van der Waals surface area (Å²) in [6, 6.07) is 0. The Bertz CT molecular complexity index is 88.7. The summed E-state index contributed by atoms with van der Waals surface area (Å²) in [6.07, 6.45) is 0.968. The number of halogens is 2. The molecule has 1 fully saturated rings. The summed E-state index contributed by atoms with van der Waals surface area (Å²) < 4.78 is 0. The molecule has 0 N–H and O–H groups in total. The first-order valence-corrected chi connectivity index (χ1v) is 3.70. The van der Waals surface area contributed by atoms with Crippen molar-refractivity contribution in [2.75, 3.05) is 0 Å². The average molecular weight is 153 g/mol. The van der Waals surface area contributed by atoms with E-state index in [1.165, 1.54) is 0 Å². The molecule has 2 heteroatoms. The second-order valence-corrected chi connectivity index (χ2v) is 4.05. The van der Waals surface area contributed by atoms with Crippen LogP contribution in [-0.4, -0.2) is 10.8 Å². The van der Waals surface area contributed by atoms with E-state index in [4.69, 9.17) is 23.2 Å². The SMILES string of the molecule is CC1(C)C(Cl)CC1Cl. The molecule has 0 spiro atoms. The monoisotopic (exact) mass is 152 g/mol. The van der Waals surface area contributed by atoms with E-state index in [-0.39, 0.29) is 5.41 Å². The van der Waals surface area contributed by atoms with Crippen LogP contribution in [0.3, 0.4) is 0 Å². The molecule has 1 saturated carbocycles. The first-order chi connectivity index (χ1) is 3.55. The molecule has 0 aromatic rings. The Morgan fingerprint density at radius 1 is 1.25 bits per heavy atom. The van der Waals surface area contributed by atoms with E-state index in [2.05, 4.69) is 13.8 Å². The molecule has 0 saturated heterocycles. The second kappa shape index (κ2) is 1.78. The zero-order chi connectivity index (χ0) is 6.36. The fraction of sp³-hybridized carbons (Fsp3) is 1.00. The Morgan fingerprint density at radius 3 is 1.62 bits per heavy atom. The highest BCUT2D eigenvalue weighted by atomic mass is 35.5. The van der Waals surface area contributed by atoms with Crippen LogP contribution in [0.5, 0.6) is 0 Å². The third kappa shape index (κ3) is 0.745. The highest BCUT2D eigenvalue weighted by molar-refractivity contribution is 6.27. The second-order valence-electron chi connectivity index (χ2n) is 2.99. The molecule has 0 radical (unpaired) electrons. The van der Waals surface area contributed by atoms with Gasteiger partial charge < -0.3 is 0 Å². The molecule has 2 atom stereocenters. The Morgan fingerprint density at radius 2 is 1.62 bits per heavy atom. The number of hydrogen-bond acceptors (Lipinski definition) is 0. The van der Waals surface area contributed by atoms with Crippen LogP contribution in [0.25, 0.3) is 0 Å². The molecule has 0 nitrogen and oxygen atoms in total. The summed E-state index contributed by atoms with van der Waals surface area (Å²) >= 11 is 11.7. The smallest absolute Gasteiger partial charge is 0.0415 e. The van der Waals surface area contributed by atoms with Crippen molar-refractivity contribution in [3.63, 3.8) is 0 Å². The van der Waals surface area contributed by atoms with E-state index in [9.17, 15) is 0 Å². The van der Waals surface area contributed by atoms with Crippen LogP contribution in [-0.2, 0) is 0 Å². The fourth-order valence-electron chi connectivity index (χ4n) is 0.825. The van der Waals surface area contributed by atoms with Gasteiger partial charge in [-0.1, -0.05) is 13.8 Å². The van der Waals surface area contributed by atoms with Crippen molar-refractivity contribution in [1.82, 2.24) is 0 Å². The van der Waals surface area contributed by atoms with Crippen LogP contribution in [0.1, 0.15) is 20.3 Å². The minimum atomic E-state index is 0.170. The van der Waals surface area contributed by atoms with Gasteiger partial charge in [0.15, 0.2) is 0 Å². The Balaban J connectivity index is 2.52. The molecule has 1 aliphatic carbocycles. The molecule has 48 valence electrons. The van der Waals surface area contributed by atoms with Gasteiger partial charge in [-0.15, -0.1) is 23.2 Å². The molecule has 0 aromatic heterocycles. The van der Waals surface area contributed by atoms with Crippen molar-refractivity contribution in [2.45, 2.75) is 31.0 Å². The summed E-state index contributed by atoms with van der Waals surface area (Å²) in [7, 11) is 0. The van der Waals surface area contributed by atoms with Crippen LogP contribution in [0.2, 0.25) is 0 Å². The average Bonchev–Trinajstić information content (AvgIpc) is 1.68. The van der Waals surface area contributed by atoms with Gasteiger partial charge in [0.2, 0.25) is 0 Å². The molecule has 1 rings (SSSR count). The molecule has 0 heterocycles. The van der Waals surface area contributed by atoms with Gasteiger partial charge in [0.05, 0.1) is 0 Å². The van der Waals surface area contributed by atoms with E-state index >= 15 is 0 Å². The Hall–Kier alpha value is 0.580. The van der Waals surface area contributed by atoms with Gasteiger partial charge in [0.1, 0.15) is 0 Å². The van der Waals surface area contributed by atoms with E-state index in [1.54, 1.807) is 0 Å². The van der Waals surface area contributed by atoms with Gasteiger partial charge in [0.25, 0.3) is 0 Å². The molecule has 0 aliphatic heterocycles. The van der Waals surface area contributed by atoms with Gasteiger partial charge in [-0.05, 0) is 11.8 Å². The standard InChI is InChI=1S/C6H10Cl2/c1-6(2)4(7)3-5(6)8/h4-5H,3H2,1-2H3. The zero-order valence-electron chi connectivity index (χ0n) is 5.12. The Kier molecular flexibility index (Phi) is 1.49. The summed E-state index contributed by atoms with van der Waals surface area (Å²) in [5, 5.41) is 0.593. The molecule has 0 amide bonds. The predicted octanol–water partition coefficient (Wildman–Crippen LogP) is 2.63. The predicted molar refractivity (Wildman–Crippen MR) is 37.7 cm³/mol. The van der Waals surface area contributed by atoms with Crippen molar-refractivity contribution < 1.29 is 0 Å². The van der Waals surface area contributed by atoms with E-state index < -0.39 is 0 Å². The lowest BCUT2D eigenvalue weighted by atomic mass is 9.71. The maximum Gasteiger partial charge on any atom is 0.0415 e. The zero-order valence-corrected chi connectivity index (χ0v) is 6.63. The summed E-state index contributed by atoms with van der Waals surface area (Å²) in [6.45, 7) is 4.21. The van der Waals surface area contributed by atoms with E-state index in [0.29, 0.717) is 10.8 Å². The van der Waals surface area contributed by atoms with Gasteiger partial charge in [-0.3, -0.25) is 0 Å². The molecular formula is C6H10Cl2. The lowest BCUT2D eigenvalue weighted by molar-refractivity contribution is 0.208. The van der Waals surface area contributed by atoms with Crippen LogP contribution in [0, 0.1) is 5.41 Å². The van der Waals surface area contributed by atoms with Crippen molar-refractivity contribution in [3.05, 3.63) is 0 Å². The molecular weight excluding hydrogens is 143 g/mol. The summed E-state index contributed by atoms with van der Waals surface area (Å²) in [5.74, 6) is 0. The van der Waals surface area contributed by atoms with Crippen molar-refractivity contribution in [3.8, 4) is 0 Å². The maximum absolute atomic E-state index is 5.85. The lowest BCUT2D eigenvalue weighted by Crippen LogP contribution is -2.46. The normalized spacial score (nSPS) is 43.5. The maximum atomic E-state index is 5.85. The highest BCUT2D eigenvalue weighted by Gasteiger charge is 2.45. The minimum absolute atomic E-state index is 0.170. The third-order valence-electron chi connectivity index (χ3n) is 2.03. The van der Waals surface area contributed by atoms with Crippen molar-refractivity contribution >= 4 is 23.2 Å². The van der Waals surface area contributed by atoms with Gasteiger partial charge >= 0.3 is 0 Å². The lowest BCUT2D eigenvalue weighted by Gasteiger charge is -2.45. The van der Waals surface area contributed by atoms with E-state index in [0.717, 1.165) is 6.42 Å². The molecule has 8 heavy (non-hydrogen) atoms. The quantitative estimate of drug-likeness (QED) is 0.469. The van der Waals surface area contributed by atoms with Crippen LogP contribution < -0.4 is 0 Å². The fourth-order valence-corrected chi connectivity index (χ4v) is 1.64. The number of hydrogen-bond donors (Lipinski definition) is 0. The molecule has 0 bridgehead atoms. The minimum Gasteiger partial charge on any atom is -0.122 e. The molecule has 1 aliphatic rings. The number of rotatable bonds is 0. The van der Waals surface area contributed by atoms with Gasteiger partial charge in [0, 0.05) is 10.8 Å². The topological polar surface area (TPSA) is 0 Å². The molecule has 0 aromatic carbocycles. The molecule has 2 unspecified atom stereocenters. The van der Waals surface area contributed by atoms with Crippen molar-refractivity contribution in [1.29, 1.82) is 0 Å². The summed E-state index contributed by atoms with van der Waals surface area (Å²) in [5.41, 5.74) is 0.170. The van der Waals surface area contributed by atoms with E-state index in [1.807, 2.05) is 0 Å². The Labute approximate surface area is 60.2 Å². The first-order valence-electron chi connectivity index (χ1n) is 2.83.